The zero-order chi connectivity index (χ0) is 14.0. The minimum Gasteiger partial charge on any atom is -0.369 e. The number of rotatable bonds is 4. The van der Waals surface area contributed by atoms with Crippen LogP contribution in [0.25, 0.3) is 11.0 Å². The molecule has 0 fully saturated rings. The number of amides is 1. The van der Waals surface area contributed by atoms with Gasteiger partial charge >= 0.3 is 0 Å². The topological polar surface area (TPSA) is 69.0 Å². The van der Waals surface area contributed by atoms with Gasteiger partial charge in [0.05, 0.1) is 23.7 Å². The van der Waals surface area contributed by atoms with Crippen LogP contribution in [0.4, 0.5) is 5.69 Å². The summed E-state index contributed by atoms with van der Waals surface area (Å²) in [6.07, 6.45) is 1.66. The fraction of sp³-hybridized carbons (Fsp3) is 0.462. The standard InChI is InChI=1S/C13H18N4O2/c1-8(2)19-7-12(18)15-10-5-11-9(3)16-17(4)13(11)14-6-10/h5-6,8H,7H2,1-4H3,(H,15,18). The first kappa shape index (κ1) is 13.5. The van der Waals surface area contributed by atoms with E-state index in [-0.39, 0.29) is 18.6 Å². The quantitative estimate of drug-likeness (QED) is 0.909. The van der Waals surface area contributed by atoms with E-state index in [4.69, 9.17) is 4.74 Å². The van der Waals surface area contributed by atoms with Crippen LogP contribution >= 0.6 is 0 Å². The fourth-order valence-electron chi connectivity index (χ4n) is 1.82. The monoisotopic (exact) mass is 262 g/mol. The minimum absolute atomic E-state index is 0.0342. The Kier molecular flexibility index (Phi) is 3.80. The zero-order valence-corrected chi connectivity index (χ0v) is 11.6. The third-order valence-electron chi connectivity index (χ3n) is 2.69. The van der Waals surface area contributed by atoms with Crippen molar-refractivity contribution < 1.29 is 9.53 Å². The van der Waals surface area contributed by atoms with E-state index in [9.17, 15) is 4.79 Å². The molecular formula is C13H18N4O2. The molecule has 0 saturated heterocycles. The van der Waals surface area contributed by atoms with Crippen LogP contribution in [-0.4, -0.2) is 33.4 Å². The van der Waals surface area contributed by atoms with Gasteiger partial charge in [-0.15, -0.1) is 0 Å². The second-order valence-electron chi connectivity index (χ2n) is 4.71. The Morgan fingerprint density at radius 2 is 2.26 bits per heavy atom. The first-order valence-corrected chi connectivity index (χ1v) is 6.18. The van der Waals surface area contributed by atoms with E-state index in [1.54, 1.807) is 10.9 Å². The number of aryl methyl sites for hydroxylation is 2. The molecule has 19 heavy (non-hydrogen) atoms. The summed E-state index contributed by atoms with van der Waals surface area (Å²) in [7, 11) is 1.84. The molecule has 0 aliphatic carbocycles. The van der Waals surface area contributed by atoms with Crippen LogP contribution in [-0.2, 0) is 16.6 Å². The maximum absolute atomic E-state index is 11.7. The molecule has 0 aliphatic rings. The maximum Gasteiger partial charge on any atom is 0.250 e. The number of nitrogens with zero attached hydrogens (tertiary/aromatic N) is 3. The van der Waals surface area contributed by atoms with Crippen LogP contribution in [0.5, 0.6) is 0 Å². The Bertz CT molecular complexity index is 604. The number of carbonyl (C=O) groups is 1. The summed E-state index contributed by atoms with van der Waals surface area (Å²) in [5.74, 6) is -0.184. The van der Waals surface area contributed by atoms with Gasteiger partial charge in [0, 0.05) is 12.4 Å². The molecule has 6 heteroatoms. The number of nitrogens with one attached hydrogen (secondary N) is 1. The molecule has 0 spiro atoms. The smallest absolute Gasteiger partial charge is 0.250 e. The van der Waals surface area contributed by atoms with E-state index < -0.39 is 0 Å². The van der Waals surface area contributed by atoms with Crippen molar-refractivity contribution in [3.05, 3.63) is 18.0 Å². The summed E-state index contributed by atoms with van der Waals surface area (Å²) in [5.41, 5.74) is 2.34. The van der Waals surface area contributed by atoms with Crippen molar-refractivity contribution in [3.8, 4) is 0 Å². The molecule has 2 rings (SSSR count). The van der Waals surface area contributed by atoms with Gasteiger partial charge < -0.3 is 10.1 Å². The molecule has 2 aromatic rings. The SMILES string of the molecule is Cc1nn(C)c2ncc(NC(=O)COC(C)C)cc12. The van der Waals surface area contributed by atoms with Crippen molar-refractivity contribution in [1.29, 1.82) is 0 Å². The summed E-state index contributed by atoms with van der Waals surface area (Å²) >= 11 is 0. The van der Waals surface area contributed by atoms with Gasteiger partial charge in [0.2, 0.25) is 5.91 Å². The molecule has 0 unspecified atom stereocenters. The summed E-state index contributed by atoms with van der Waals surface area (Å²) < 4.78 is 6.96. The number of anilines is 1. The number of aromatic nitrogens is 3. The molecule has 1 amide bonds. The molecule has 0 aromatic carbocycles. The Morgan fingerprint density at radius 1 is 1.53 bits per heavy atom. The van der Waals surface area contributed by atoms with E-state index in [1.165, 1.54) is 0 Å². The summed E-state index contributed by atoms with van der Waals surface area (Å²) in [6, 6.07) is 1.87. The molecule has 0 atom stereocenters. The van der Waals surface area contributed by atoms with Crippen LogP contribution in [0.2, 0.25) is 0 Å². The van der Waals surface area contributed by atoms with E-state index in [2.05, 4.69) is 15.4 Å². The number of carbonyl (C=O) groups excluding carboxylic acids is 1. The lowest BCUT2D eigenvalue weighted by Gasteiger charge is -2.08. The van der Waals surface area contributed by atoms with E-state index >= 15 is 0 Å². The van der Waals surface area contributed by atoms with Gasteiger partial charge in [-0.05, 0) is 26.8 Å². The lowest BCUT2D eigenvalue weighted by Crippen LogP contribution is -2.20. The Balaban J connectivity index is 2.13. The minimum atomic E-state index is -0.184. The van der Waals surface area contributed by atoms with Crippen molar-refractivity contribution in [2.75, 3.05) is 11.9 Å². The predicted octanol–water partition coefficient (Wildman–Crippen LogP) is 1.64. The first-order valence-electron chi connectivity index (χ1n) is 6.18. The highest BCUT2D eigenvalue weighted by Gasteiger charge is 2.09. The highest BCUT2D eigenvalue weighted by Crippen LogP contribution is 2.19. The molecule has 6 nitrogen and oxygen atoms in total. The van der Waals surface area contributed by atoms with Crippen LogP contribution in [0.3, 0.4) is 0 Å². The van der Waals surface area contributed by atoms with Crippen LogP contribution in [0.15, 0.2) is 12.3 Å². The molecule has 0 aliphatic heterocycles. The van der Waals surface area contributed by atoms with Gasteiger partial charge in [-0.2, -0.15) is 5.10 Å². The molecule has 0 radical (unpaired) electrons. The lowest BCUT2D eigenvalue weighted by molar-refractivity contribution is -0.121. The molecule has 0 bridgehead atoms. The first-order chi connectivity index (χ1) is 8.97. The largest absolute Gasteiger partial charge is 0.369 e. The van der Waals surface area contributed by atoms with Gasteiger partial charge in [0.1, 0.15) is 6.61 Å². The van der Waals surface area contributed by atoms with Crippen LogP contribution in [0.1, 0.15) is 19.5 Å². The van der Waals surface area contributed by atoms with Gasteiger partial charge in [-0.1, -0.05) is 0 Å². The number of pyridine rings is 1. The third-order valence-corrected chi connectivity index (χ3v) is 2.69. The van der Waals surface area contributed by atoms with Crippen molar-refractivity contribution in [2.24, 2.45) is 7.05 Å². The predicted molar refractivity (Wildman–Crippen MR) is 73.0 cm³/mol. The summed E-state index contributed by atoms with van der Waals surface area (Å²) in [5, 5.41) is 7.98. The fourth-order valence-corrected chi connectivity index (χ4v) is 1.82. The van der Waals surface area contributed by atoms with Crippen LogP contribution in [0, 0.1) is 6.92 Å². The third kappa shape index (κ3) is 3.08. The molecule has 1 N–H and O–H groups in total. The molecular weight excluding hydrogens is 244 g/mol. The van der Waals surface area contributed by atoms with Gasteiger partial charge in [-0.25, -0.2) is 4.98 Å². The van der Waals surface area contributed by atoms with Gasteiger partial charge in [0.15, 0.2) is 5.65 Å². The second kappa shape index (κ2) is 5.36. The highest BCUT2D eigenvalue weighted by molar-refractivity contribution is 5.93. The Hall–Kier alpha value is -1.95. The highest BCUT2D eigenvalue weighted by atomic mass is 16.5. The molecule has 2 aromatic heterocycles. The van der Waals surface area contributed by atoms with Gasteiger partial charge in [0.25, 0.3) is 0 Å². The van der Waals surface area contributed by atoms with Crippen molar-refractivity contribution in [2.45, 2.75) is 26.9 Å². The Morgan fingerprint density at radius 3 is 2.95 bits per heavy atom. The average molecular weight is 262 g/mol. The number of hydrogen-bond donors (Lipinski definition) is 1. The van der Waals surface area contributed by atoms with Crippen molar-refractivity contribution in [1.82, 2.24) is 14.8 Å². The molecule has 102 valence electrons. The van der Waals surface area contributed by atoms with Crippen LogP contribution < -0.4 is 5.32 Å². The van der Waals surface area contributed by atoms with Crippen molar-refractivity contribution >= 4 is 22.6 Å². The number of fused-ring (bicyclic) bond motifs is 1. The molecule has 2 heterocycles. The second-order valence-corrected chi connectivity index (χ2v) is 4.71. The number of ether oxygens (including phenoxy) is 1. The maximum atomic E-state index is 11.7. The Labute approximate surface area is 111 Å². The molecule has 0 saturated carbocycles. The van der Waals surface area contributed by atoms with E-state index in [0.29, 0.717) is 5.69 Å². The summed E-state index contributed by atoms with van der Waals surface area (Å²) in [4.78, 5) is 16.0. The van der Waals surface area contributed by atoms with E-state index in [0.717, 1.165) is 16.7 Å². The lowest BCUT2D eigenvalue weighted by atomic mass is 10.2. The van der Waals surface area contributed by atoms with E-state index in [1.807, 2.05) is 33.9 Å². The normalized spacial score (nSPS) is 11.2. The zero-order valence-electron chi connectivity index (χ0n) is 11.6. The summed E-state index contributed by atoms with van der Waals surface area (Å²) in [6.45, 7) is 5.74. The average Bonchev–Trinajstić information content (AvgIpc) is 2.62. The van der Waals surface area contributed by atoms with Gasteiger partial charge in [-0.3, -0.25) is 9.48 Å². The number of hydrogen-bond acceptors (Lipinski definition) is 4. The van der Waals surface area contributed by atoms with Crippen molar-refractivity contribution in [3.63, 3.8) is 0 Å².